The molecule has 0 aromatic heterocycles. The van der Waals surface area contributed by atoms with Crippen LogP contribution in [0, 0.1) is 29.0 Å². The number of hydrogen-bond donors (Lipinski definition) is 1. The summed E-state index contributed by atoms with van der Waals surface area (Å²) < 4.78 is 21.5. The normalized spacial score (nSPS) is 34.7. The van der Waals surface area contributed by atoms with Gasteiger partial charge in [0.15, 0.2) is 5.78 Å². The Morgan fingerprint density at radius 1 is 1.09 bits per heavy atom. The minimum absolute atomic E-state index is 0.167. The Balaban J connectivity index is 1.25. The summed E-state index contributed by atoms with van der Waals surface area (Å²) in [5.74, 6) is 0.170. The Bertz CT molecular complexity index is 996. The van der Waals surface area contributed by atoms with E-state index in [1.807, 2.05) is 0 Å². The van der Waals surface area contributed by atoms with E-state index < -0.39 is 23.7 Å². The molecule has 7 rings (SSSR count). The van der Waals surface area contributed by atoms with Crippen molar-refractivity contribution in [2.75, 3.05) is 13.2 Å². The Morgan fingerprint density at radius 3 is 2.30 bits per heavy atom. The first-order valence-electron chi connectivity index (χ1n) is 12.3. The highest BCUT2D eigenvalue weighted by Crippen LogP contribution is 2.60. The zero-order chi connectivity index (χ0) is 22.9. The van der Waals surface area contributed by atoms with Gasteiger partial charge >= 0.3 is 5.97 Å². The fourth-order valence-electron chi connectivity index (χ4n) is 7.55. The second kappa shape index (κ2) is 7.54. The number of benzene rings is 1. The predicted molar refractivity (Wildman–Crippen MR) is 117 cm³/mol. The van der Waals surface area contributed by atoms with Gasteiger partial charge in [-0.15, -0.1) is 0 Å². The molecule has 1 heterocycles. The number of aliphatic carboxylic acids is 1. The molecule has 176 valence electrons. The molecule has 7 heteroatoms. The van der Waals surface area contributed by atoms with Gasteiger partial charge < -0.3 is 14.7 Å². The molecule has 4 bridgehead atoms. The third-order valence-electron chi connectivity index (χ3n) is 8.74. The summed E-state index contributed by atoms with van der Waals surface area (Å²) in [7, 11) is 0. The molecule has 0 unspecified atom stereocenters. The van der Waals surface area contributed by atoms with Crippen LogP contribution in [0.25, 0.3) is 0 Å². The van der Waals surface area contributed by atoms with Crippen molar-refractivity contribution in [1.29, 1.82) is 0 Å². The third kappa shape index (κ3) is 3.73. The SMILES string of the molecule is O=C1C[C@@H](C(=O)O)N(C(=O)c2cc(C3CC3)c(OCC34CC5CC(CC(C5)C3)C4)cc2F)C1. The molecule has 1 atom stereocenters. The maximum Gasteiger partial charge on any atom is 0.326 e. The molecule has 0 radical (unpaired) electrons. The third-order valence-corrected chi connectivity index (χ3v) is 8.74. The van der Waals surface area contributed by atoms with Gasteiger partial charge in [0.2, 0.25) is 0 Å². The Morgan fingerprint density at radius 2 is 1.73 bits per heavy atom. The van der Waals surface area contributed by atoms with Gasteiger partial charge in [-0.3, -0.25) is 9.59 Å². The average Bonchev–Trinajstić information content (AvgIpc) is 3.51. The van der Waals surface area contributed by atoms with E-state index in [2.05, 4.69) is 0 Å². The first-order valence-corrected chi connectivity index (χ1v) is 12.3. The number of carbonyl (C=O) groups excluding carboxylic acids is 2. The molecule has 1 saturated heterocycles. The molecule has 0 spiro atoms. The van der Waals surface area contributed by atoms with Crippen LogP contribution in [0.5, 0.6) is 5.75 Å². The number of hydrogen-bond acceptors (Lipinski definition) is 4. The van der Waals surface area contributed by atoms with Gasteiger partial charge in [0, 0.05) is 17.9 Å². The Kier molecular flexibility index (Phi) is 4.82. The lowest BCUT2D eigenvalue weighted by molar-refractivity contribution is -0.141. The van der Waals surface area contributed by atoms with Gasteiger partial charge in [-0.25, -0.2) is 9.18 Å². The number of carbonyl (C=O) groups is 3. The Hall–Kier alpha value is -2.44. The summed E-state index contributed by atoms with van der Waals surface area (Å²) in [5.41, 5.74) is 0.868. The molecular weight excluding hydrogens is 425 g/mol. The van der Waals surface area contributed by atoms with Gasteiger partial charge in [-0.1, -0.05) is 0 Å². The van der Waals surface area contributed by atoms with Crippen molar-refractivity contribution >= 4 is 17.7 Å². The van der Waals surface area contributed by atoms with E-state index in [1.54, 1.807) is 6.07 Å². The molecular formula is C26H30FNO5. The second-order valence-electron chi connectivity index (χ2n) is 11.4. The molecule has 6 fully saturated rings. The maximum absolute atomic E-state index is 15.2. The first-order chi connectivity index (χ1) is 15.8. The first kappa shape index (κ1) is 21.1. The van der Waals surface area contributed by atoms with Gasteiger partial charge in [-0.2, -0.15) is 0 Å². The van der Waals surface area contributed by atoms with Crippen LogP contribution in [0.2, 0.25) is 0 Å². The highest BCUT2D eigenvalue weighted by Gasteiger charge is 2.51. The zero-order valence-electron chi connectivity index (χ0n) is 18.7. The number of ketones is 1. The molecule has 1 N–H and O–H groups in total. The van der Waals surface area contributed by atoms with E-state index in [-0.39, 0.29) is 35.6 Å². The van der Waals surface area contributed by atoms with Crippen LogP contribution < -0.4 is 4.74 Å². The quantitative estimate of drug-likeness (QED) is 0.696. The van der Waals surface area contributed by atoms with Gasteiger partial charge in [-0.05, 0) is 86.7 Å². The number of halogens is 1. The van der Waals surface area contributed by atoms with Crippen molar-refractivity contribution in [1.82, 2.24) is 4.90 Å². The molecule has 5 saturated carbocycles. The fraction of sp³-hybridized carbons (Fsp3) is 0.654. The van der Waals surface area contributed by atoms with E-state index in [4.69, 9.17) is 4.74 Å². The number of carboxylic acid groups (broad SMARTS) is 1. The summed E-state index contributed by atoms with van der Waals surface area (Å²) in [6.07, 6.45) is 9.38. The molecule has 33 heavy (non-hydrogen) atoms. The number of carboxylic acids is 1. The summed E-state index contributed by atoms with van der Waals surface area (Å²) in [4.78, 5) is 37.3. The second-order valence-corrected chi connectivity index (χ2v) is 11.4. The van der Waals surface area contributed by atoms with Crippen LogP contribution in [0.4, 0.5) is 4.39 Å². The molecule has 1 amide bonds. The molecule has 1 aromatic carbocycles. The van der Waals surface area contributed by atoms with Crippen LogP contribution in [0.3, 0.4) is 0 Å². The van der Waals surface area contributed by atoms with Gasteiger partial charge in [0.05, 0.1) is 18.7 Å². The van der Waals surface area contributed by atoms with Crippen LogP contribution in [-0.4, -0.2) is 46.9 Å². The van der Waals surface area contributed by atoms with Crippen molar-refractivity contribution in [3.8, 4) is 5.75 Å². The lowest BCUT2D eigenvalue weighted by Crippen LogP contribution is -2.48. The van der Waals surface area contributed by atoms with Gasteiger partial charge in [0.25, 0.3) is 5.91 Å². The molecule has 1 aliphatic heterocycles. The van der Waals surface area contributed by atoms with E-state index in [9.17, 15) is 19.5 Å². The summed E-state index contributed by atoms with van der Waals surface area (Å²) in [5, 5.41) is 9.39. The monoisotopic (exact) mass is 455 g/mol. The van der Waals surface area contributed by atoms with Crippen molar-refractivity contribution in [3.63, 3.8) is 0 Å². The minimum atomic E-state index is -1.24. The van der Waals surface area contributed by atoms with E-state index >= 15 is 4.39 Å². The van der Waals surface area contributed by atoms with E-state index in [1.165, 1.54) is 44.6 Å². The van der Waals surface area contributed by atoms with E-state index in [0.717, 1.165) is 41.1 Å². The predicted octanol–water partition coefficient (Wildman–Crippen LogP) is 4.17. The Labute approximate surface area is 192 Å². The molecule has 5 aliphatic carbocycles. The largest absolute Gasteiger partial charge is 0.493 e. The van der Waals surface area contributed by atoms with Crippen molar-refractivity contribution in [2.24, 2.45) is 23.2 Å². The minimum Gasteiger partial charge on any atom is -0.493 e. The highest BCUT2D eigenvalue weighted by atomic mass is 19.1. The molecule has 6 aliphatic rings. The molecule has 1 aromatic rings. The van der Waals surface area contributed by atoms with Crippen molar-refractivity contribution in [2.45, 2.75) is 69.7 Å². The lowest BCUT2D eigenvalue weighted by atomic mass is 9.50. The van der Waals surface area contributed by atoms with Gasteiger partial charge in [0.1, 0.15) is 17.6 Å². The molecule has 6 nitrogen and oxygen atoms in total. The van der Waals surface area contributed by atoms with Crippen LogP contribution in [-0.2, 0) is 9.59 Å². The summed E-state index contributed by atoms with van der Waals surface area (Å²) in [6, 6.07) is 1.63. The fourth-order valence-corrected chi connectivity index (χ4v) is 7.55. The standard InChI is InChI=1S/C26H30FNO5/c27-21-8-23(33-13-26-9-14-3-15(10-26)5-16(4-14)11-26)19(17-1-2-17)7-20(21)24(30)28-12-18(29)6-22(28)25(31)32/h7-8,14-17,22H,1-6,9-13H2,(H,31,32)/t14?,15?,16?,22-,26?/m0/s1. The smallest absolute Gasteiger partial charge is 0.326 e. The van der Waals surface area contributed by atoms with Crippen molar-refractivity contribution < 1.29 is 28.6 Å². The average molecular weight is 456 g/mol. The van der Waals surface area contributed by atoms with Crippen LogP contribution >= 0.6 is 0 Å². The van der Waals surface area contributed by atoms with Crippen LogP contribution in [0.15, 0.2) is 12.1 Å². The number of Topliss-reactive ketones (excluding diaryl/α,β-unsaturated/α-hetero) is 1. The summed E-state index contributed by atoms with van der Waals surface area (Å²) >= 11 is 0. The highest BCUT2D eigenvalue weighted by molar-refractivity contribution is 6.03. The number of likely N-dealkylation sites (tertiary alicyclic amines) is 1. The topological polar surface area (TPSA) is 83.9 Å². The number of amides is 1. The zero-order valence-corrected chi connectivity index (χ0v) is 18.7. The van der Waals surface area contributed by atoms with E-state index in [0.29, 0.717) is 12.4 Å². The maximum atomic E-state index is 15.2. The lowest BCUT2D eigenvalue weighted by Gasteiger charge is -2.56. The number of ether oxygens (including phenoxy) is 1. The van der Waals surface area contributed by atoms with Crippen LogP contribution in [0.1, 0.15) is 79.6 Å². The van der Waals surface area contributed by atoms with Crippen molar-refractivity contribution in [3.05, 3.63) is 29.1 Å². The summed E-state index contributed by atoms with van der Waals surface area (Å²) in [6.45, 7) is 0.308. The number of rotatable bonds is 6. The number of nitrogens with zero attached hydrogens (tertiary/aromatic N) is 1.